The summed E-state index contributed by atoms with van der Waals surface area (Å²) in [5.41, 5.74) is 1.53. The van der Waals surface area contributed by atoms with E-state index >= 15 is 0 Å². The zero-order valence-electron chi connectivity index (χ0n) is 13.5. The van der Waals surface area contributed by atoms with Gasteiger partial charge < -0.3 is 0 Å². The minimum Gasteiger partial charge on any atom is -0.300 e. The van der Waals surface area contributed by atoms with E-state index < -0.39 is 0 Å². The van der Waals surface area contributed by atoms with Crippen molar-refractivity contribution in [2.24, 2.45) is 7.05 Å². The number of nitrogens with zero attached hydrogens (tertiary/aromatic N) is 7. The van der Waals surface area contributed by atoms with Crippen LogP contribution in [0.2, 0.25) is 0 Å². The maximum atomic E-state index is 13.1. The fourth-order valence-corrected chi connectivity index (χ4v) is 2.54. The maximum Gasteiger partial charge on any atom is 0.298 e. The molecule has 25 heavy (non-hydrogen) atoms. The lowest BCUT2D eigenvalue weighted by molar-refractivity contribution is 0.0975. The van der Waals surface area contributed by atoms with E-state index in [4.69, 9.17) is 0 Å². The van der Waals surface area contributed by atoms with Crippen molar-refractivity contribution in [3.63, 3.8) is 0 Å². The third kappa shape index (κ3) is 2.97. The molecular weight excluding hydrogens is 318 g/mol. The van der Waals surface area contributed by atoms with Crippen molar-refractivity contribution < 1.29 is 4.79 Å². The molecule has 0 saturated heterocycles. The topological polar surface area (TPSA) is 81.2 Å². The molecule has 0 saturated carbocycles. The second kappa shape index (κ2) is 6.16. The van der Waals surface area contributed by atoms with Gasteiger partial charge in [0.2, 0.25) is 5.82 Å². The molecular formula is C17H15N7O. The molecule has 0 atom stereocenters. The fourth-order valence-electron chi connectivity index (χ4n) is 2.54. The number of para-hydroxylation sites is 1. The number of aromatic nitrogens is 6. The van der Waals surface area contributed by atoms with Gasteiger partial charge in [-0.15, -0.1) is 5.10 Å². The average Bonchev–Trinajstić information content (AvgIpc) is 3.25. The third-order valence-corrected chi connectivity index (χ3v) is 3.71. The molecule has 3 heterocycles. The first kappa shape index (κ1) is 15.0. The molecule has 124 valence electrons. The van der Waals surface area contributed by atoms with E-state index in [2.05, 4.69) is 20.2 Å². The largest absolute Gasteiger partial charge is 0.300 e. The molecule has 1 aromatic carbocycles. The van der Waals surface area contributed by atoms with Crippen molar-refractivity contribution in [1.82, 2.24) is 29.4 Å². The van der Waals surface area contributed by atoms with Gasteiger partial charge >= 0.3 is 0 Å². The van der Waals surface area contributed by atoms with E-state index in [0.717, 1.165) is 11.4 Å². The summed E-state index contributed by atoms with van der Waals surface area (Å²) in [4.78, 5) is 23.0. The van der Waals surface area contributed by atoms with Gasteiger partial charge in [0.05, 0.1) is 12.2 Å². The average molecular weight is 333 g/mol. The molecule has 0 aliphatic carbocycles. The zero-order chi connectivity index (χ0) is 17.2. The molecule has 0 aliphatic heterocycles. The Morgan fingerprint density at radius 2 is 1.92 bits per heavy atom. The standard InChI is InChI=1S/C17H15N7O/c1-22-11-8-13(20-22)12-23(14-6-3-2-4-7-14)16(25)15-19-17-18-9-5-10-24(17)21-15/h2-11H,12H2,1H3. The SMILES string of the molecule is Cn1ccc(CN(C(=O)c2nc3ncccn3n2)c2ccccc2)n1. The Bertz CT molecular complexity index is 989. The van der Waals surface area contributed by atoms with Crippen LogP contribution in [0.3, 0.4) is 0 Å². The highest BCUT2D eigenvalue weighted by Gasteiger charge is 2.23. The van der Waals surface area contributed by atoms with Gasteiger partial charge in [0, 0.05) is 31.3 Å². The van der Waals surface area contributed by atoms with Gasteiger partial charge in [-0.3, -0.25) is 14.4 Å². The predicted molar refractivity (Wildman–Crippen MR) is 90.9 cm³/mol. The minimum atomic E-state index is -0.303. The van der Waals surface area contributed by atoms with Crippen molar-refractivity contribution in [1.29, 1.82) is 0 Å². The lowest BCUT2D eigenvalue weighted by Gasteiger charge is -2.20. The van der Waals surface area contributed by atoms with Gasteiger partial charge in [0.15, 0.2) is 0 Å². The molecule has 8 heteroatoms. The number of carbonyl (C=O) groups is 1. The van der Waals surface area contributed by atoms with E-state index in [1.54, 1.807) is 28.0 Å². The number of rotatable bonds is 4. The summed E-state index contributed by atoms with van der Waals surface area (Å²) in [5, 5.41) is 8.59. The van der Waals surface area contributed by atoms with Crippen molar-refractivity contribution in [3.8, 4) is 0 Å². The summed E-state index contributed by atoms with van der Waals surface area (Å²) in [7, 11) is 1.84. The van der Waals surface area contributed by atoms with Gasteiger partial charge in [0.25, 0.3) is 11.7 Å². The molecule has 0 N–H and O–H groups in total. The Morgan fingerprint density at radius 1 is 1.08 bits per heavy atom. The summed E-state index contributed by atoms with van der Waals surface area (Å²) in [5.74, 6) is 0.178. The first-order valence-corrected chi connectivity index (χ1v) is 7.73. The number of benzene rings is 1. The lowest BCUT2D eigenvalue weighted by atomic mass is 10.2. The highest BCUT2D eigenvalue weighted by Crippen LogP contribution is 2.18. The summed E-state index contributed by atoms with van der Waals surface area (Å²) < 4.78 is 3.19. The van der Waals surface area contributed by atoms with Crippen LogP contribution in [0.4, 0.5) is 5.69 Å². The number of anilines is 1. The van der Waals surface area contributed by atoms with Gasteiger partial charge in [-0.05, 0) is 24.3 Å². The summed E-state index contributed by atoms with van der Waals surface area (Å²) >= 11 is 0. The summed E-state index contributed by atoms with van der Waals surface area (Å²) in [6, 6.07) is 13.0. The van der Waals surface area contributed by atoms with E-state index in [-0.39, 0.29) is 11.7 Å². The Morgan fingerprint density at radius 3 is 2.64 bits per heavy atom. The first-order valence-electron chi connectivity index (χ1n) is 7.73. The molecule has 0 radical (unpaired) electrons. The smallest absolute Gasteiger partial charge is 0.298 e. The van der Waals surface area contributed by atoms with Gasteiger partial charge in [-0.1, -0.05) is 18.2 Å². The van der Waals surface area contributed by atoms with Crippen LogP contribution < -0.4 is 4.90 Å². The Kier molecular flexibility index (Phi) is 3.70. The molecule has 0 bridgehead atoms. The van der Waals surface area contributed by atoms with Crippen LogP contribution in [0.5, 0.6) is 0 Å². The van der Waals surface area contributed by atoms with E-state index in [1.807, 2.05) is 49.6 Å². The third-order valence-electron chi connectivity index (χ3n) is 3.71. The number of carbonyl (C=O) groups excluding carboxylic acids is 1. The van der Waals surface area contributed by atoms with Crippen molar-refractivity contribution in [2.45, 2.75) is 6.54 Å². The van der Waals surface area contributed by atoms with Crippen LogP contribution in [-0.2, 0) is 13.6 Å². The number of hydrogen-bond acceptors (Lipinski definition) is 5. The zero-order valence-corrected chi connectivity index (χ0v) is 13.5. The van der Waals surface area contributed by atoms with Crippen molar-refractivity contribution >= 4 is 17.4 Å². The van der Waals surface area contributed by atoms with E-state index in [0.29, 0.717) is 12.3 Å². The van der Waals surface area contributed by atoms with Gasteiger partial charge in [-0.25, -0.2) is 9.50 Å². The lowest BCUT2D eigenvalue weighted by Crippen LogP contribution is -2.31. The summed E-state index contributed by atoms with van der Waals surface area (Å²) in [6.07, 6.45) is 5.16. The van der Waals surface area contributed by atoms with Crippen LogP contribution >= 0.6 is 0 Å². The first-order chi connectivity index (χ1) is 12.2. The molecule has 0 aliphatic rings. The molecule has 3 aromatic heterocycles. The molecule has 4 rings (SSSR count). The highest BCUT2D eigenvalue weighted by atomic mass is 16.2. The molecule has 4 aromatic rings. The predicted octanol–water partition coefficient (Wildman–Crippen LogP) is 1.70. The second-order valence-corrected chi connectivity index (χ2v) is 5.51. The molecule has 0 fully saturated rings. The molecule has 1 amide bonds. The number of aryl methyl sites for hydroxylation is 1. The summed E-state index contributed by atoms with van der Waals surface area (Å²) in [6.45, 7) is 0.326. The quantitative estimate of drug-likeness (QED) is 0.568. The van der Waals surface area contributed by atoms with Gasteiger partial charge in [0.1, 0.15) is 0 Å². The molecule has 0 spiro atoms. The number of amides is 1. The van der Waals surface area contributed by atoms with Crippen molar-refractivity contribution in [2.75, 3.05) is 4.90 Å². The van der Waals surface area contributed by atoms with Crippen LogP contribution in [0, 0.1) is 0 Å². The number of fused-ring (bicyclic) bond motifs is 1. The van der Waals surface area contributed by atoms with Crippen LogP contribution in [0.25, 0.3) is 5.78 Å². The van der Waals surface area contributed by atoms with Gasteiger partial charge in [-0.2, -0.15) is 10.1 Å². The molecule has 0 unspecified atom stereocenters. The van der Waals surface area contributed by atoms with Crippen molar-refractivity contribution in [3.05, 3.63) is 72.6 Å². The normalized spacial score (nSPS) is 10.9. The second-order valence-electron chi connectivity index (χ2n) is 5.51. The minimum absolute atomic E-state index is 0.0958. The Labute approximate surface area is 143 Å². The van der Waals surface area contributed by atoms with Crippen LogP contribution in [0.15, 0.2) is 61.1 Å². The Balaban J connectivity index is 1.72. The Hall–Kier alpha value is -3.55. The maximum absolute atomic E-state index is 13.1. The van der Waals surface area contributed by atoms with Crippen LogP contribution in [-0.4, -0.2) is 35.3 Å². The highest BCUT2D eigenvalue weighted by molar-refractivity contribution is 6.03. The monoisotopic (exact) mass is 333 g/mol. The fraction of sp³-hybridized carbons (Fsp3) is 0.118. The number of hydrogen-bond donors (Lipinski definition) is 0. The van der Waals surface area contributed by atoms with Crippen LogP contribution in [0.1, 0.15) is 16.3 Å². The molecule has 8 nitrogen and oxygen atoms in total. The van der Waals surface area contributed by atoms with E-state index in [1.165, 1.54) is 4.52 Å². The van der Waals surface area contributed by atoms with E-state index in [9.17, 15) is 4.79 Å².